The standard InChI is InChI=1S/C17H24N2O2S/c1-2-3-12-21-15-11-7-6-10-14(15)16(20)19-17(22)18-13-8-4-5-9-13/h6-7,10-11,13H,2-5,8-9,12H2,1H3,(H2,18,19,20,22). The van der Waals surface area contributed by atoms with Crippen LogP contribution in [0.4, 0.5) is 0 Å². The minimum atomic E-state index is -0.220. The molecule has 1 aromatic carbocycles. The van der Waals surface area contributed by atoms with Crippen LogP contribution < -0.4 is 15.4 Å². The molecular formula is C17H24N2O2S. The van der Waals surface area contributed by atoms with Crippen molar-refractivity contribution in [3.8, 4) is 5.75 Å². The topological polar surface area (TPSA) is 50.4 Å². The van der Waals surface area contributed by atoms with Gasteiger partial charge in [0.2, 0.25) is 0 Å². The average molecular weight is 320 g/mol. The SMILES string of the molecule is CCCCOc1ccccc1C(=O)NC(=S)NC1CCCC1. The van der Waals surface area contributed by atoms with E-state index in [0.29, 0.717) is 29.1 Å². The molecule has 0 unspecified atom stereocenters. The molecule has 4 nitrogen and oxygen atoms in total. The second-order valence-electron chi connectivity index (χ2n) is 5.61. The molecule has 1 fully saturated rings. The van der Waals surface area contributed by atoms with Crippen molar-refractivity contribution in [1.29, 1.82) is 0 Å². The molecule has 0 aliphatic heterocycles. The zero-order valence-electron chi connectivity index (χ0n) is 13.1. The first-order valence-corrected chi connectivity index (χ1v) is 8.45. The summed E-state index contributed by atoms with van der Waals surface area (Å²) in [6.45, 7) is 2.72. The summed E-state index contributed by atoms with van der Waals surface area (Å²) in [6, 6.07) is 7.67. The zero-order chi connectivity index (χ0) is 15.8. The van der Waals surface area contributed by atoms with Crippen molar-refractivity contribution >= 4 is 23.2 Å². The molecule has 0 saturated heterocycles. The quantitative estimate of drug-likeness (QED) is 0.623. The van der Waals surface area contributed by atoms with Crippen LogP contribution in [0.2, 0.25) is 0 Å². The Morgan fingerprint density at radius 3 is 2.77 bits per heavy atom. The third-order valence-corrected chi connectivity index (χ3v) is 4.02. The molecule has 0 bridgehead atoms. The fourth-order valence-electron chi connectivity index (χ4n) is 2.57. The summed E-state index contributed by atoms with van der Waals surface area (Å²) >= 11 is 5.23. The number of nitrogens with one attached hydrogen (secondary N) is 2. The largest absolute Gasteiger partial charge is 0.493 e. The molecule has 1 aromatic rings. The Hall–Kier alpha value is -1.62. The number of para-hydroxylation sites is 1. The van der Waals surface area contributed by atoms with Gasteiger partial charge in [-0.15, -0.1) is 0 Å². The smallest absolute Gasteiger partial charge is 0.261 e. The molecule has 1 amide bonds. The van der Waals surface area contributed by atoms with Crippen LogP contribution in [0.3, 0.4) is 0 Å². The number of hydrogen-bond donors (Lipinski definition) is 2. The number of unbranched alkanes of at least 4 members (excludes halogenated alkanes) is 1. The molecule has 2 N–H and O–H groups in total. The van der Waals surface area contributed by atoms with Gasteiger partial charge in [-0.25, -0.2) is 0 Å². The Labute approximate surface area is 137 Å². The van der Waals surface area contributed by atoms with Gasteiger partial charge in [-0.1, -0.05) is 38.3 Å². The fourth-order valence-corrected chi connectivity index (χ4v) is 2.83. The van der Waals surface area contributed by atoms with E-state index in [1.807, 2.05) is 18.2 Å². The van der Waals surface area contributed by atoms with E-state index in [0.717, 1.165) is 25.7 Å². The third-order valence-electron chi connectivity index (χ3n) is 3.80. The maximum Gasteiger partial charge on any atom is 0.261 e. The minimum Gasteiger partial charge on any atom is -0.493 e. The molecule has 0 spiro atoms. The molecule has 0 radical (unpaired) electrons. The molecule has 0 heterocycles. The molecule has 22 heavy (non-hydrogen) atoms. The summed E-state index contributed by atoms with van der Waals surface area (Å²) in [5.74, 6) is 0.389. The van der Waals surface area contributed by atoms with Gasteiger partial charge in [-0.05, 0) is 43.6 Å². The number of hydrogen-bond acceptors (Lipinski definition) is 3. The van der Waals surface area contributed by atoms with E-state index >= 15 is 0 Å². The highest BCUT2D eigenvalue weighted by Crippen LogP contribution is 2.19. The fraction of sp³-hybridized carbons (Fsp3) is 0.529. The van der Waals surface area contributed by atoms with Crippen molar-refractivity contribution in [3.63, 3.8) is 0 Å². The predicted octanol–water partition coefficient (Wildman–Crippen LogP) is 3.41. The van der Waals surface area contributed by atoms with E-state index in [1.54, 1.807) is 6.07 Å². The van der Waals surface area contributed by atoms with Crippen LogP contribution >= 0.6 is 12.2 Å². The van der Waals surface area contributed by atoms with Gasteiger partial charge in [-0.2, -0.15) is 0 Å². The van der Waals surface area contributed by atoms with Crippen molar-refractivity contribution in [1.82, 2.24) is 10.6 Å². The third kappa shape index (κ3) is 4.98. The normalized spacial score (nSPS) is 14.6. The first-order valence-electron chi connectivity index (χ1n) is 8.04. The predicted molar refractivity (Wildman–Crippen MR) is 92.3 cm³/mol. The Morgan fingerprint density at radius 2 is 2.05 bits per heavy atom. The number of benzene rings is 1. The lowest BCUT2D eigenvalue weighted by Gasteiger charge is -2.16. The number of carbonyl (C=O) groups is 1. The summed E-state index contributed by atoms with van der Waals surface area (Å²) in [5, 5.41) is 6.37. The van der Waals surface area contributed by atoms with E-state index in [2.05, 4.69) is 17.6 Å². The summed E-state index contributed by atoms with van der Waals surface area (Å²) in [4.78, 5) is 12.4. The maximum absolute atomic E-state index is 12.4. The lowest BCUT2D eigenvalue weighted by atomic mass is 10.2. The number of ether oxygens (including phenoxy) is 1. The van der Waals surface area contributed by atoms with Crippen LogP contribution in [-0.4, -0.2) is 23.7 Å². The molecule has 120 valence electrons. The van der Waals surface area contributed by atoms with Crippen molar-refractivity contribution in [2.75, 3.05) is 6.61 Å². The van der Waals surface area contributed by atoms with Crippen LogP contribution in [0.15, 0.2) is 24.3 Å². The van der Waals surface area contributed by atoms with Gasteiger partial charge >= 0.3 is 0 Å². The molecule has 0 atom stereocenters. The van der Waals surface area contributed by atoms with E-state index < -0.39 is 0 Å². The first-order chi connectivity index (χ1) is 10.7. The van der Waals surface area contributed by atoms with Crippen molar-refractivity contribution in [2.24, 2.45) is 0 Å². The highest BCUT2D eigenvalue weighted by atomic mass is 32.1. The molecule has 1 saturated carbocycles. The molecule has 1 aliphatic carbocycles. The van der Waals surface area contributed by atoms with E-state index in [-0.39, 0.29) is 5.91 Å². The maximum atomic E-state index is 12.4. The van der Waals surface area contributed by atoms with Crippen LogP contribution in [0.1, 0.15) is 55.8 Å². The molecule has 0 aromatic heterocycles. The van der Waals surface area contributed by atoms with E-state index in [9.17, 15) is 4.79 Å². The second-order valence-corrected chi connectivity index (χ2v) is 6.02. The Morgan fingerprint density at radius 1 is 1.32 bits per heavy atom. The highest BCUT2D eigenvalue weighted by Gasteiger charge is 2.18. The van der Waals surface area contributed by atoms with Crippen molar-refractivity contribution in [2.45, 2.75) is 51.5 Å². The van der Waals surface area contributed by atoms with Gasteiger partial charge in [0, 0.05) is 6.04 Å². The van der Waals surface area contributed by atoms with Crippen LogP contribution in [0.25, 0.3) is 0 Å². The highest BCUT2D eigenvalue weighted by molar-refractivity contribution is 7.80. The zero-order valence-corrected chi connectivity index (χ0v) is 13.9. The van der Waals surface area contributed by atoms with Gasteiger partial charge in [0.05, 0.1) is 12.2 Å². The number of thiocarbonyl (C=S) groups is 1. The summed E-state index contributed by atoms with van der Waals surface area (Å²) in [6.07, 6.45) is 6.71. The molecule has 5 heteroatoms. The van der Waals surface area contributed by atoms with Crippen LogP contribution in [0, 0.1) is 0 Å². The number of rotatable bonds is 6. The van der Waals surface area contributed by atoms with Gasteiger partial charge in [0.15, 0.2) is 5.11 Å². The molecule has 2 rings (SSSR count). The van der Waals surface area contributed by atoms with E-state index in [1.165, 1.54) is 12.8 Å². The summed E-state index contributed by atoms with van der Waals surface area (Å²) < 4.78 is 5.69. The first kappa shape index (κ1) is 16.7. The Balaban J connectivity index is 1.91. The van der Waals surface area contributed by atoms with Gasteiger partial charge in [0.1, 0.15) is 5.75 Å². The van der Waals surface area contributed by atoms with Crippen molar-refractivity contribution in [3.05, 3.63) is 29.8 Å². The van der Waals surface area contributed by atoms with Gasteiger partial charge in [0.25, 0.3) is 5.91 Å². The monoisotopic (exact) mass is 320 g/mol. The van der Waals surface area contributed by atoms with E-state index in [4.69, 9.17) is 17.0 Å². The van der Waals surface area contributed by atoms with Crippen LogP contribution in [-0.2, 0) is 0 Å². The molecular weight excluding hydrogens is 296 g/mol. The lowest BCUT2D eigenvalue weighted by molar-refractivity contribution is 0.0972. The van der Waals surface area contributed by atoms with Crippen LogP contribution in [0.5, 0.6) is 5.75 Å². The number of amides is 1. The number of carbonyl (C=O) groups excluding carboxylic acids is 1. The second kappa shape index (κ2) is 8.73. The minimum absolute atomic E-state index is 0.220. The Bertz CT molecular complexity index is 513. The molecule has 1 aliphatic rings. The summed E-state index contributed by atoms with van der Waals surface area (Å²) in [7, 11) is 0. The van der Waals surface area contributed by atoms with Crippen molar-refractivity contribution < 1.29 is 9.53 Å². The summed E-state index contributed by atoms with van der Waals surface area (Å²) in [5.41, 5.74) is 0.522. The van der Waals surface area contributed by atoms with Gasteiger partial charge in [-0.3, -0.25) is 10.1 Å². The Kier molecular flexibility index (Phi) is 6.65. The van der Waals surface area contributed by atoms with Gasteiger partial charge < -0.3 is 10.1 Å². The lowest BCUT2D eigenvalue weighted by Crippen LogP contribution is -2.43. The average Bonchev–Trinajstić information content (AvgIpc) is 3.00.